The first-order chi connectivity index (χ1) is 7.18. The Kier molecular flexibility index (Phi) is 2.44. The summed E-state index contributed by atoms with van der Waals surface area (Å²) in [6.07, 6.45) is 5.11. The van der Waals surface area contributed by atoms with Gasteiger partial charge < -0.3 is 10.4 Å². The maximum absolute atomic E-state index is 11.2. The third kappa shape index (κ3) is 1.61. The number of rotatable bonds is 3. The minimum absolute atomic E-state index is 0.135. The first-order valence-corrected chi connectivity index (χ1v) is 4.94. The highest BCUT2D eigenvalue weighted by Gasteiger charge is 2.45. The van der Waals surface area contributed by atoms with Crippen LogP contribution in [0.2, 0.25) is 0 Å². The number of aromatic nitrogens is 3. The van der Waals surface area contributed by atoms with Gasteiger partial charge in [-0.1, -0.05) is 0 Å². The normalized spacial score (nSPS) is 30.6. The van der Waals surface area contributed by atoms with Crippen molar-refractivity contribution in [1.29, 1.82) is 0 Å². The molecule has 1 aromatic heterocycles. The van der Waals surface area contributed by atoms with E-state index in [2.05, 4.69) is 15.4 Å². The molecule has 2 rings (SSSR count). The van der Waals surface area contributed by atoms with Gasteiger partial charge in [0, 0.05) is 0 Å². The van der Waals surface area contributed by atoms with Crippen LogP contribution >= 0.6 is 0 Å². The minimum Gasteiger partial charge on any atom is -0.480 e. The molecule has 2 N–H and O–H groups in total. The molecule has 0 aromatic carbocycles. The Morgan fingerprint density at radius 1 is 1.73 bits per heavy atom. The Morgan fingerprint density at radius 2 is 2.53 bits per heavy atom. The van der Waals surface area contributed by atoms with Gasteiger partial charge in [-0.15, -0.1) is 0 Å². The molecule has 1 saturated carbocycles. The van der Waals surface area contributed by atoms with E-state index in [1.807, 2.05) is 0 Å². The molecule has 6 nitrogen and oxygen atoms in total. The van der Waals surface area contributed by atoms with Gasteiger partial charge in [0.05, 0.1) is 6.04 Å². The second kappa shape index (κ2) is 3.62. The number of nitrogens with one attached hydrogen (secondary N) is 1. The lowest BCUT2D eigenvalue weighted by Crippen LogP contribution is -2.48. The summed E-state index contributed by atoms with van der Waals surface area (Å²) in [5.74, 6) is -0.785. The summed E-state index contributed by atoms with van der Waals surface area (Å²) in [4.78, 5) is 15.0. The Bertz CT molecular complexity index is 351. The van der Waals surface area contributed by atoms with Gasteiger partial charge in [0.25, 0.3) is 0 Å². The van der Waals surface area contributed by atoms with Crippen molar-refractivity contribution in [2.75, 3.05) is 7.05 Å². The van der Waals surface area contributed by atoms with Crippen LogP contribution in [0, 0.1) is 0 Å². The lowest BCUT2D eigenvalue weighted by molar-refractivity contribution is -0.144. The van der Waals surface area contributed by atoms with E-state index in [0.717, 1.165) is 6.42 Å². The third-order valence-corrected chi connectivity index (χ3v) is 3.19. The quantitative estimate of drug-likeness (QED) is 0.736. The number of carbonyl (C=O) groups is 1. The number of nitrogens with zero attached hydrogens (tertiary/aromatic N) is 3. The van der Waals surface area contributed by atoms with Crippen molar-refractivity contribution in [3.05, 3.63) is 12.7 Å². The summed E-state index contributed by atoms with van der Waals surface area (Å²) in [5.41, 5.74) is -0.795. The SMILES string of the molecule is CNC1(C(=O)O)CCC(n2cncn2)C1. The van der Waals surface area contributed by atoms with E-state index in [-0.39, 0.29) is 6.04 Å². The second-order valence-electron chi connectivity index (χ2n) is 3.91. The Morgan fingerprint density at radius 3 is 3.00 bits per heavy atom. The van der Waals surface area contributed by atoms with Crippen molar-refractivity contribution in [3.8, 4) is 0 Å². The Hall–Kier alpha value is -1.43. The van der Waals surface area contributed by atoms with Gasteiger partial charge in [-0.2, -0.15) is 5.10 Å². The summed E-state index contributed by atoms with van der Waals surface area (Å²) in [6, 6.07) is 0.135. The van der Waals surface area contributed by atoms with E-state index < -0.39 is 11.5 Å². The Labute approximate surface area is 87.3 Å². The molecule has 1 aromatic rings. The summed E-state index contributed by atoms with van der Waals surface area (Å²) >= 11 is 0. The van der Waals surface area contributed by atoms with Crippen LogP contribution in [0.3, 0.4) is 0 Å². The summed E-state index contributed by atoms with van der Waals surface area (Å²) in [6.45, 7) is 0. The molecule has 2 unspecified atom stereocenters. The molecule has 0 aliphatic heterocycles. The van der Waals surface area contributed by atoms with Gasteiger partial charge in [-0.3, -0.25) is 4.79 Å². The third-order valence-electron chi connectivity index (χ3n) is 3.19. The van der Waals surface area contributed by atoms with E-state index >= 15 is 0 Å². The number of likely N-dealkylation sites (N-methyl/N-ethyl adjacent to an activating group) is 1. The maximum atomic E-state index is 11.2. The van der Waals surface area contributed by atoms with E-state index in [1.54, 1.807) is 18.1 Å². The van der Waals surface area contributed by atoms with Crippen molar-refractivity contribution in [1.82, 2.24) is 20.1 Å². The number of aliphatic carboxylic acids is 1. The molecule has 0 radical (unpaired) electrons. The van der Waals surface area contributed by atoms with Crippen LogP contribution in [0.15, 0.2) is 12.7 Å². The van der Waals surface area contributed by atoms with Crippen molar-refractivity contribution < 1.29 is 9.90 Å². The minimum atomic E-state index is -0.795. The first-order valence-electron chi connectivity index (χ1n) is 4.94. The largest absolute Gasteiger partial charge is 0.480 e. The molecule has 1 aliphatic carbocycles. The summed E-state index contributed by atoms with van der Waals surface area (Å²) in [7, 11) is 1.69. The number of carboxylic acids is 1. The molecule has 15 heavy (non-hydrogen) atoms. The molecule has 1 aliphatic rings. The van der Waals surface area contributed by atoms with E-state index in [0.29, 0.717) is 12.8 Å². The highest BCUT2D eigenvalue weighted by atomic mass is 16.4. The zero-order valence-corrected chi connectivity index (χ0v) is 8.55. The maximum Gasteiger partial charge on any atom is 0.323 e. The standard InChI is InChI=1S/C9H14N4O2/c1-10-9(8(14)15)3-2-7(4-9)13-6-11-5-12-13/h5-7,10H,2-4H2,1H3,(H,14,15). The zero-order valence-electron chi connectivity index (χ0n) is 8.55. The van der Waals surface area contributed by atoms with Crippen LogP contribution in [0.4, 0.5) is 0 Å². The highest BCUT2D eigenvalue weighted by molar-refractivity contribution is 5.79. The fourth-order valence-electron chi connectivity index (χ4n) is 2.18. The topological polar surface area (TPSA) is 80.0 Å². The van der Waals surface area contributed by atoms with Crippen LogP contribution in [-0.2, 0) is 4.79 Å². The number of hydrogen-bond acceptors (Lipinski definition) is 4. The molecule has 0 bridgehead atoms. The van der Waals surface area contributed by atoms with E-state index in [1.165, 1.54) is 6.33 Å². The molecule has 0 amide bonds. The van der Waals surface area contributed by atoms with Crippen molar-refractivity contribution in [2.45, 2.75) is 30.8 Å². The summed E-state index contributed by atoms with van der Waals surface area (Å²) in [5, 5.41) is 16.1. The number of carboxylic acid groups (broad SMARTS) is 1. The van der Waals surface area contributed by atoms with Crippen molar-refractivity contribution in [2.24, 2.45) is 0 Å². The monoisotopic (exact) mass is 210 g/mol. The zero-order chi connectivity index (χ0) is 10.9. The average Bonchev–Trinajstić information content (AvgIpc) is 2.87. The van der Waals surface area contributed by atoms with Crippen molar-refractivity contribution in [3.63, 3.8) is 0 Å². The van der Waals surface area contributed by atoms with Crippen LogP contribution < -0.4 is 5.32 Å². The fourth-order valence-corrected chi connectivity index (χ4v) is 2.18. The average molecular weight is 210 g/mol. The van der Waals surface area contributed by atoms with Gasteiger partial charge in [0.1, 0.15) is 18.2 Å². The van der Waals surface area contributed by atoms with Gasteiger partial charge in [-0.05, 0) is 26.3 Å². The predicted octanol–water partition coefficient (Wildman–Crippen LogP) is 0.0459. The molecule has 1 heterocycles. The first kappa shape index (κ1) is 10.1. The van der Waals surface area contributed by atoms with Gasteiger partial charge >= 0.3 is 5.97 Å². The van der Waals surface area contributed by atoms with Crippen LogP contribution in [0.5, 0.6) is 0 Å². The smallest absolute Gasteiger partial charge is 0.323 e. The molecule has 2 atom stereocenters. The fraction of sp³-hybridized carbons (Fsp3) is 0.667. The summed E-state index contributed by atoms with van der Waals surface area (Å²) < 4.78 is 1.74. The molecule has 1 fully saturated rings. The lowest BCUT2D eigenvalue weighted by atomic mass is 9.98. The van der Waals surface area contributed by atoms with Gasteiger partial charge in [-0.25, -0.2) is 9.67 Å². The molecule has 82 valence electrons. The van der Waals surface area contributed by atoms with E-state index in [4.69, 9.17) is 0 Å². The Balaban J connectivity index is 2.15. The van der Waals surface area contributed by atoms with E-state index in [9.17, 15) is 9.90 Å². The predicted molar refractivity (Wildman–Crippen MR) is 52.3 cm³/mol. The molecule has 6 heteroatoms. The second-order valence-corrected chi connectivity index (χ2v) is 3.91. The lowest BCUT2D eigenvalue weighted by Gasteiger charge is -2.23. The molecular formula is C9H14N4O2. The van der Waals surface area contributed by atoms with Crippen LogP contribution in [0.25, 0.3) is 0 Å². The van der Waals surface area contributed by atoms with Crippen LogP contribution in [0.1, 0.15) is 25.3 Å². The molecule has 0 saturated heterocycles. The molecular weight excluding hydrogens is 196 g/mol. The van der Waals surface area contributed by atoms with Gasteiger partial charge in [0.2, 0.25) is 0 Å². The van der Waals surface area contributed by atoms with Gasteiger partial charge in [0.15, 0.2) is 0 Å². The molecule has 0 spiro atoms. The van der Waals surface area contributed by atoms with Crippen molar-refractivity contribution >= 4 is 5.97 Å². The number of hydrogen-bond donors (Lipinski definition) is 2. The highest BCUT2D eigenvalue weighted by Crippen LogP contribution is 2.37. The van der Waals surface area contributed by atoms with Crippen LogP contribution in [-0.4, -0.2) is 38.4 Å².